The number of piperidine rings is 1. The van der Waals surface area contributed by atoms with Crippen molar-refractivity contribution in [2.75, 3.05) is 24.5 Å². The summed E-state index contributed by atoms with van der Waals surface area (Å²) in [6.07, 6.45) is -1.19. The van der Waals surface area contributed by atoms with Crippen molar-refractivity contribution in [2.45, 2.75) is 44.3 Å². The van der Waals surface area contributed by atoms with Gasteiger partial charge in [-0.1, -0.05) is 0 Å². The molecular weight excluding hydrogens is 347 g/mol. The number of halogens is 3. The maximum absolute atomic E-state index is 13.3. The third-order valence-corrected chi connectivity index (χ3v) is 5.04. The van der Waals surface area contributed by atoms with Crippen LogP contribution in [0.3, 0.4) is 0 Å². The van der Waals surface area contributed by atoms with Gasteiger partial charge in [-0.25, -0.2) is 0 Å². The van der Waals surface area contributed by atoms with Crippen LogP contribution in [-0.2, 0) is 11.0 Å². The van der Waals surface area contributed by atoms with Gasteiger partial charge in [-0.2, -0.15) is 13.2 Å². The van der Waals surface area contributed by atoms with Crippen molar-refractivity contribution in [1.29, 1.82) is 0 Å². The summed E-state index contributed by atoms with van der Waals surface area (Å²) >= 11 is 0. The molecule has 1 atom stereocenters. The Hall–Kier alpha value is -2.09. The molecule has 2 aliphatic heterocycles. The molecule has 2 fully saturated rings. The standard InChI is InChI=1S/C18H22F3N3O2/c19-18(20,21)13-8-12(9-15(10-13)23-7-3-5-16(23)25)17(26)24-6-2-1-4-14(24)11-22/h8-10,14H,1-7,11,22H2. The van der Waals surface area contributed by atoms with Gasteiger partial charge in [0, 0.05) is 43.3 Å². The summed E-state index contributed by atoms with van der Waals surface area (Å²) in [5.74, 6) is -0.681. The topological polar surface area (TPSA) is 66.6 Å². The van der Waals surface area contributed by atoms with E-state index >= 15 is 0 Å². The Labute approximate surface area is 149 Å². The Morgan fingerprint density at radius 2 is 1.92 bits per heavy atom. The molecule has 2 N–H and O–H groups in total. The van der Waals surface area contributed by atoms with Crippen LogP contribution in [0.1, 0.15) is 48.0 Å². The van der Waals surface area contributed by atoms with Gasteiger partial charge >= 0.3 is 6.18 Å². The summed E-state index contributed by atoms with van der Waals surface area (Å²) in [5.41, 5.74) is 4.90. The molecule has 1 aromatic carbocycles. The molecule has 142 valence electrons. The van der Waals surface area contributed by atoms with E-state index in [-0.39, 0.29) is 29.7 Å². The maximum atomic E-state index is 13.3. The van der Waals surface area contributed by atoms with Crippen LogP contribution in [0.25, 0.3) is 0 Å². The van der Waals surface area contributed by atoms with Crippen LogP contribution >= 0.6 is 0 Å². The van der Waals surface area contributed by atoms with Crippen molar-refractivity contribution in [3.63, 3.8) is 0 Å². The van der Waals surface area contributed by atoms with E-state index in [9.17, 15) is 22.8 Å². The monoisotopic (exact) mass is 369 g/mol. The first kappa shape index (κ1) is 18.7. The number of hydrogen-bond acceptors (Lipinski definition) is 3. The van der Waals surface area contributed by atoms with E-state index in [4.69, 9.17) is 5.73 Å². The highest BCUT2D eigenvalue weighted by Gasteiger charge is 2.35. The first-order valence-electron chi connectivity index (χ1n) is 8.85. The summed E-state index contributed by atoms with van der Waals surface area (Å²) in [6, 6.07) is 3.04. The van der Waals surface area contributed by atoms with E-state index in [2.05, 4.69) is 0 Å². The second-order valence-electron chi connectivity index (χ2n) is 6.80. The highest BCUT2D eigenvalue weighted by Crippen LogP contribution is 2.35. The first-order valence-corrected chi connectivity index (χ1v) is 8.85. The number of nitrogens with zero attached hydrogens (tertiary/aromatic N) is 2. The summed E-state index contributed by atoms with van der Waals surface area (Å²) in [5, 5.41) is 0. The molecule has 2 aliphatic rings. The number of amides is 2. The fourth-order valence-electron chi connectivity index (χ4n) is 3.65. The van der Waals surface area contributed by atoms with Gasteiger partial charge in [0.2, 0.25) is 5.91 Å². The predicted molar refractivity (Wildman–Crippen MR) is 90.8 cm³/mol. The molecule has 0 saturated carbocycles. The highest BCUT2D eigenvalue weighted by atomic mass is 19.4. The summed E-state index contributed by atoms with van der Waals surface area (Å²) < 4.78 is 40.0. The van der Waals surface area contributed by atoms with E-state index in [1.54, 1.807) is 4.90 Å². The molecule has 26 heavy (non-hydrogen) atoms. The van der Waals surface area contributed by atoms with Crippen LogP contribution in [0.2, 0.25) is 0 Å². The van der Waals surface area contributed by atoms with E-state index in [0.717, 1.165) is 31.4 Å². The molecule has 3 rings (SSSR count). The van der Waals surface area contributed by atoms with Crippen LogP contribution in [0.5, 0.6) is 0 Å². The fraction of sp³-hybridized carbons (Fsp3) is 0.556. The molecule has 2 amide bonds. The van der Waals surface area contributed by atoms with E-state index in [1.165, 1.54) is 11.0 Å². The molecule has 2 saturated heterocycles. The number of rotatable bonds is 3. The Kier molecular flexibility index (Phi) is 5.22. The molecule has 1 aromatic rings. The first-order chi connectivity index (χ1) is 12.3. The van der Waals surface area contributed by atoms with Gasteiger partial charge < -0.3 is 15.5 Å². The van der Waals surface area contributed by atoms with Gasteiger partial charge in [-0.3, -0.25) is 9.59 Å². The van der Waals surface area contributed by atoms with Crippen molar-refractivity contribution in [1.82, 2.24) is 4.90 Å². The van der Waals surface area contributed by atoms with Gasteiger partial charge in [0.05, 0.1) is 5.56 Å². The van der Waals surface area contributed by atoms with Gasteiger partial charge in [0.1, 0.15) is 0 Å². The molecule has 0 aliphatic carbocycles. The van der Waals surface area contributed by atoms with Crippen molar-refractivity contribution < 1.29 is 22.8 Å². The second kappa shape index (κ2) is 7.26. The number of benzene rings is 1. The zero-order valence-corrected chi connectivity index (χ0v) is 14.4. The lowest BCUT2D eigenvalue weighted by atomic mass is 10.00. The quantitative estimate of drug-likeness (QED) is 0.891. The number of carbonyl (C=O) groups excluding carboxylic acids is 2. The van der Waals surface area contributed by atoms with E-state index in [1.807, 2.05) is 0 Å². The van der Waals surface area contributed by atoms with Crippen molar-refractivity contribution in [2.24, 2.45) is 5.73 Å². The van der Waals surface area contributed by atoms with Crippen LogP contribution in [0.15, 0.2) is 18.2 Å². The molecule has 0 bridgehead atoms. The number of hydrogen-bond donors (Lipinski definition) is 1. The van der Waals surface area contributed by atoms with Crippen LogP contribution < -0.4 is 10.6 Å². The average Bonchev–Trinajstić information content (AvgIpc) is 3.06. The number of likely N-dealkylation sites (tertiary alicyclic amines) is 1. The Balaban J connectivity index is 1.99. The highest BCUT2D eigenvalue weighted by molar-refractivity contribution is 5.99. The van der Waals surface area contributed by atoms with E-state index < -0.39 is 17.6 Å². The van der Waals surface area contributed by atoms with Gasteiger partial charge in [-0.05, 0) is 43.9 Å². The Morgan fingerprint density at radius 1 is 1.15 bits per heavy atom. The number of nitrogens with two attached hydrogens (primary N) is 1. The third-order valence-electron chi connectivity index (χ3n) is 5.04. The summed E-state index contributed by atoms with van der Waals surface area (Å²) in [4.78, 5) is 27.7. The van der Waals surface area contributed by atoms with Gasteiger partial charge in [-0.15, -0.1) is 0 Å². The lowest BCUT2D eigenvalue weighted by Crippen LogP contribution is -2.47. The van der Waals surface area contributed by atoms with Crippen LogP contribution in [0.4, 0.5) is 18.9 Å². The molecular formula is C18H22F3N3O2. The van der Waals surface area contributed by atoms with Crippen LogP contribution in [-0.4, -0.2) is 42.4 Å². The minimum absolute atomic E-state index is 0.0464. The molecule has 8 heteroatoms. The lowest BCUT2D eigenvalue weighted by Gasteiger charge is -2.35. The average molecular weight is 369 g/mol. The number of alkyl halides is 3. The minimum Gasteiger partial charge on any atom is -0.334 e. The summed E-state index contributed by atoms with van der Waals surface area (Å²) in [7, 11) is 0. The minimum atomic E-state index is -4.59. The number of anilines is 1. The molecule has 0 aromatic heterocycles. The molecule has 2 heterocycles. The summed E-state index contributed by atoms with van der Waals surface area (Å²) in [6.45, 7) is 1.13. The van der Waals surface area contributed by atoms with Crippen molar-refractivity contribution in [3.05, 3.63) is 29.3 Å². The lowest BCUT2D eigenvalue weighted by molar-refractivity contribution is -0.137. The van der Waals surface area contributed by atoms with E-state index in [0.29, 0.717) is 25.9 Å². The molecule has 0 radical (unpaired) electrons. The normalized spacial score (nSPS) is 21.4. The fourth-order valence-corrected chi connectivity index (χ4v) is 3.65. The zero-order chi connectivity index (χ0) is 18.9. The molecule has 1 unspecified atom stereocenters. The second-order valence-corrected chi connectivity index (χ2v) is 6.80. The third kappa shape index (κ3) is 3.70. The predicted octanol–water partition coefficient (Wildman–Crippen LogP) is 2.79. The maximum Gasteiger partial charge on any atom is 0.416 e. The molecule has 0 spiro atoms. The smallest absolute Gasteiger partial charge is 0.334 e. The largest absolute Gasteiger partial charge is 0.416 e. The van der Waals surface area contributed by atoms with Crippen LogP contribution in [0, 0.1) is 0 Å². The number of carbonyl (C=O) groups is 2. The van der Waals surface area contributed by atoms with Crippen molar-refractivity contribution >= 4 is 17.5 Å². The Bertz CT molecular complexity index is 705. The SMILES string of the molecule is NCC1CCCCN1C(=O)c1cc(N2CCCC2=O)cc(C(F)(F)F)c1. The molecule has 5 nitrogen and oxygen atoms in total. The van der Waals surface area contributed by atoms with Gasteiger partial charge in [0.15, 0.2) is 0 Å². The zero-order valence-electron chi connectivity index (χ0n) is 14.4. The Morgan fingerprint density at radius 3 is 2.54 bits per heavy atom. The van der Waals surface area contributed by atoms with Gasteiger partial charge in [0.25, 0.3) is 5.91 Å². The van der Waals surface area contributed by atoms with Crippen molar-refractivity contribution in [3.8, 4) is 0 Å².